The van der Waals surface area contributed by atoms with Crippen molar-refractivity contribution in [2.24, 2.45) is 11.7 Å². The van der Waals surface area contributed by atoms with Crippen LogP contribution in [0.3, 0.4) is 0 Å². The molecule has 0 aromatic heterocycles. The monoisotopic (exact) mass is 212 g/mol. The van der Waals surface area contributed by atoms with Gasteiger partial charge in [0.2, 0.25) is 5.91 Å². The summed E-state index contributed by atoms with van der Waals surface area (Å²) in [6, 6.07) is 0. The van der Waals surface area contributed by atoms with Crippen LogP contribution in [-0.2, 0) is 4.79 Å². The summed E-state index contributed by atoms with van der Waals surface area (Å²) in [5.41, 5.74) is 5.91. The Bertz CT molecular complexity index is 206. The molecule has 0 aromatic rings. The van der Waals surface area contributed by atoms with Crippen molar-refractivity contribution >= 4 is 5.91 Å². The van der Waals surface area contributed by atoms with Gasteiger partial charge in [-0.1, -0.05) is 26.7 Å². The van der Waals surface area contributed by atoms with Gasteiger partial charge in [0.15, 0.2) is 0 Å². The number of carbonyl (C=O) groups is 1. The van der Waals surface area contributed by atoms with Crippen LogP contribution in [0.2, 0.25) is 0 Å². The van der Waals surface area contributed by atoms with Gasteiger partial charge >= 0.3 is 0 Å². The second-order valence-electron chi connectivity index (χ2n) is 4.77. The summed E-state index contributed by atoms with van der Waals surface area (Å²) in [5, 5.41) is 3.00. The van der Waals surface area contributed by atoms with Crippen molar-refractivity contribution in [3.8, 4) is 0 Å². The van der Waals surface area contributed by atoms with Gasteiger partial charge in [-0.3, -0.25) is 4.79 Å². The first-order chi connectivity index (χ1) is 7.11. The van der Waals surface area contributed by atoms with Crippen molar-refractivity contribution in [3.05, 3.63) is 0 Å². The van der Waals surface area contributed by atoms with Gasteiger partial charge in [0.05, 0.1) is 0 Å². The van der Waals surface area contributed by atoms with Crippen molar-refractivity contribution < 1.29 is 4.79 Å². The van der Waals surface area contributed by atoms with E-state index in [-0.39, 0.29) is 17.4 Å². The Morgan fingerprint density at radius 2 is 1.87 bits per heavy atom. The third-order valence-electron chi connectivity index (χ3n) is 3.75. The van der Waals surface area contributed by atoms with Crippen molar-refractivity contribution in [1.82, 2.24) is 5.32 Å². The van der Waals surface area contributed by atoms with Crippen molar-refractivity contribution in [1.29, 1.82) is 0 Å². The smallest absolute Gasteiger partial charge is 0.223 e. The highest BCUT2D eigenvalue weighted by Gasteiger charge is 2.25. The van der Waals surface area contributed by atoms with E-state index in [0.717, 1.165) is 25.7 Å². The van der Waals surface area contributed by atoms with Crippen LogP contribution in [0.15, 0.2) is 0 Å². The standard InChI is InChI=1S/C12H24N2O/c1-3-12(13,4-2)9-14-11(15)10-7-5-6-8-10/h10H,3-9,13H2,1-2H3,(H,14,15). The Kier molecular flexibility index (Phi) is 4.58. The summed E-state index contributed by atoms with van der Waals surface area (Å²) in [4.78, 5) is 11.8. The molecule has 1 rings (SSSR count). The molecular weight excluding hydrogens is 188 g/mol. The van der Waals surface area contributed by atoms with E-state index in [9.17, 15) is 4.79 Å². The van der Waals surface area contributed by atoms with Gasteiger partial charge in [-0.05, 0) is 25.7 Å². The number of carbonyl (C=O) groups excluding carboxylic acids is 1. The average Bonchev–Trinajstić information content (AvgIpc) is 2.79. The minimum Gasteiger partial charge on any atom is -0.354 e. The molecule has 3 heteroatoms. The fraction of sp³-hybridized carbons (Fsp3) is 0.917. The molecule has 0 spiro atoms. The molecule has 0 unspecified atom stereocenters. The first kappa shape index (κ1) is 12.5. The van der Waals surface area contributed by atoms with Crippen LogP contribution in [0.25, 0.3) is 0 Å². The maximum Gasteiger partial charge on any atom is 0.223 e. The topological polar surface area (TPSA) is 55.1 Å². The highest BCUT2D eigenvalue weighted by atomic mass is 16.1. The molecule has 3 N–H and O–H groups in total. The van der Waals surface area contributed by atoms with Crippen LogP contribution >= 0.6 is 0 Å². The summed E-state index contributed by atoms with van der Waals surface area (Å²) < 4.78 is 0. The molecule has 0 aromatic carbocycles. The Morgan fingerprint density at radius 3 is 2.33 bits per heavy atom. The Labute approximate surface area is 92.8 Å². The second kappa shape index (κ2) is 5.50. The van der Waals surface area contributed by atoms with Crippen LogP contribution < -0.4 is 11.1 Å². The lowest BCUT2D eigenvalue weighted by molar-refractivity contribution is -0.125. The van der Waals surface area contributed by atoms with Crippen LogP contribution in [0, 0.1) is 5.92 Å². The number of rotatable bonds is 5. The summed E-state index contributed by atoms with van der Waals surface area (Å²) in [5.74, 6) is 0.465. The highest BCUT2D eigenvalue weighted by Crippen LogP contribution is 2.24. The minimum absolute atomic E-state index is 0.212. The molecule has 0 heterocycles. The van der Waals surface area contributed by atoms with E-state index in [2.05, 4.69) is 19.2 Å². The number of nitrogens with one attached hydrogen (secondary N) is 1. The molecule has 1 amide bonds. The first-order valence-corrected chi connectivity index (χ1v) is 6.18. The van der Waals surface area contributed by atoms with Crippen LogP contribution in [0.5, 0.6) is 0 Å². The van der Waals surface area contributed by atoms with Gasteiger partial charge in [-0.2, -0.15) is 0 Å². The van der Waals surface area contributed by atoms with Gasteiger partial charge < -0.3 is 11.1 Å². The molecule has 0 bridgehead atoms. The normalized spacial score (nSPS) is 18.1. The van der Waals surface area contributed by atoms with Crippen LogP contribution in [-0.4, -0.2) is 18.0 Å². The zero-order valence-corrected chi connectivity index (χ0v) is 10.0. The fourth-order valence-electron chi connectivity index (χ4n) is 2.10. The van der Waals surface area contributed by atoms with Crippen molar-refractivity contribution in [2.45, 2.75) is 57.9 Å². The van der Waals surface area contributed by atoms with Gasteiger partial charge in [0.1, 0.15) is 0 Å². The molecule has 1 fully saturated rings. The number of hydrogen-bond donors (Lipinski definition) is 2. The molecule has 0 radical (unpaired) electrons. The Morgan fingerprint density at radius 1 is 1.33 bits per heavy atom. The third-order valence-corrected chi connectivity index (χ3v) is 3.75. The van der Waals surface area contributed by atoms with Crippen LogP contribution in [0.4, 0.5) is 0 Å². The van der Waals surface area contributed by atoms with Crippen molar-refractivity contribution in [2.75, 3.05) is 6.54 Å². The van der Waals surface area contributed by atoms with E-state index in [0.29, 0.717) is 6.54 Å². The average molecular weight is 212 g/mol. The van der Waals surface area contributed by atoms with Gasteiger partial charge in [0, 0.05) is 18.0 Å². The molecule has 1 saturated carbocycles. The van der Waals surface area contributed by atoms with Gasteiger partial charge in [-0.15, -0.1) is 0 Å². The molecule has 0 atom stereocenters. The third kappa shape index (κ3) is 3.49. The molecule has 1 aliphatic carbocycles. The van der Waals surface area contributed by atoms with Crippen LogP contribution in [0.1, 0.15) is 52.4 Å². The lowest BCUT2D eigenvalue weighted by Crippen LogP contribution is -2.50. The molecule has 0 saturated heterocycles. The largest absolute Gasteiger partial charge is 0.354 e. The Balaban J connectivity index is 2.32. The predicted molar refractivity (Wildman–Crippen MR) is 62.5 cm³/mol. The van der Waals surface area contributed by atoms with E-state index in [4.69, 9.17) is 5.73 Å². The van der Waals surface area contributed by atoms with E-state index >= 15 is 0 Å². The summed E-state index contributed by atoms with van der Waals surface area (Å²) in [7, 11) is 0. The number of hydrogen-bond acceptors (Lipinski definition) is 2. The van der Waals surface area contributed by atoms with E-state index in [1.54, 1.807) is 0 Å². The molecule has 88 valence electrons. The zero-order chi connectivity index (χ0) is 11.3. The van der Waals surface area contributed by atoms with Gasteiger partial charge in [0.25, 0.3) is 0 Å². The van der Waals surface area contributed by atoms with E-state index < -0.39 is 0 Å². The molecule has 15 heavy (non-hydrogen) atoms. The lowest BCUT2D eigenvalue weighted by atomic mass is 9.94. The maximum absolute atomic E-state index is 11.8. The maximum atomic E-state index is 11.8. The predicted octanol–water partition coefficient (Wildman–Crippen LogP) is 1.81. The summed E-state index contributed by atoms with van der Waals surface area (Å²) in [6.45, 7) is 4.77. The minimum atomic E-state index is -0.214. The first-order valence-electron chi connectivity index (χ1n) is 6.18. The lowest BCUT2D eigenvalue weighted by Gasteiger charge is -2.27. The molecule has 3 nitrogen and oxygen atoms in total. The van der Waals surface area contributed by atoms with Gasteiger partial charge in [-0.25, -0.2) is 0 Å². The molecule has 1 aliphatic rings. The number of nitrogens with two attached hydrogens (primary N) is 1. The summed E-state index contributed by atoms with van der Waals surface area (Å²) >= 11 is 0. The fourth-order valence-corrected chi connectivity index (χ4v) is 2.10. The molecular formula is C12H24N2O. The zero-order valence-electron chi connectivity index (χ0n) is 10.0. The summed E-state index contributed by atoms with van der Waals surface area (Å²) in [6.07, 6.45) is 6.34. The SMILES string of the molecule is CCC(N)(CC)CNC(=O)C1CCCC1. The van der Waals surface area contributed by atoms with Crippen molar-refractivity contribution in [3.63, 3.8) is 0 Å². The van der Waals surface area contributed by atoms with E-state index in [1.807, 2.05) is 0 Å². The quantitative estimate of drug-likeness (QED) is 0.730. The molecule has 0 aliphatic heterocycles. The Hall–Kier alpha value is -0.570. The highest BCUT2D eigenvalue weighted by molar-refractivity contribution is 5.78. The second-order valence-corrected chi connectivity index (χ2v) is 4.77. The number of amides is 1. The van der Waals surface area contributed by atoms with E-state index in [1.165, 1.54) is 12.8 Å².